The molecule has 1 aliphatic heterocycles. The third kappa shape index (κ3) is 3.70. The highest BCUT2D eigenvalue weighted by molar-refractivity contribution is 5.82. The fraction of sp³-hybridized carbons (Fsp3) is 0.182. The number of hydrogen-bond donors (Lipinski definition) is 3. The molecule has 1 saturated heterocycles. The number of nitrogens with one attached hydrogen (secondary N) is 3. The summed E-state index contributed by atoms with van der Waals surface area (Å²) in [5, 5.41) is 7.85. The smallest absolute Gasteiger partial charge is 0.238 e. The van der Waals surface area contributed by atoms with Gasteiger partial charge in [-0.3, -0.25) is 4.79 Å². The lowest BCUT2D eigenvalue weighted by Gasteiger charge is -2.10. The molecule has 0 spiro atoms. The van der Waals surface area contributed by atoms with Gasteiger partial charge in [0.25, 0.3) is 0 Å². The van der Waals surface area contributed by atoms with Crippen LogP contribution < -0.4 is 16.2 Å². The van der Waals surface area contributed by atoms with Crippen molar-refractivity contribution in [1.29, 1.82) is 0 Å². The average Bonchev–Trinajstić information content (AvgIpc) is 3.51. The van der Waals surface area contributed by atoms with Crippen molar-refractivity contribution in [2.24, 2.45) is 0 Å². The number of hydrazine groups is 1. The van der Waals surface area contributed by atoms with Crippen LogP contribution in [0.1, 0.15) is 23.7 Å². The van der Waals surface area contributed by atoms with Gasteiger partial charge in [-0.05, 0) is 36.2 Å². The maximum absolute atomic E-state index is 13.1. The van der Waals surface area contributed by atoms with Gasteiger partial charge in [0.15, 0.2) is 5.76 Å². The first-order valence-electron chi connectivity index (χ1n) is 9.64. The number of halogens is 1. The van der Waals surface area contributed by atoms with E-state index in [4.69, 9.17) is 8.94 Å². The SMILES string of the molecule is O=C(NCc1cc(-c2cc3ccccc3o2)on1)C1CC(c2ccc(F)cc2)NN1. The molecular formula is C22H19FN4O3. The number of amides is 1. The van der Waals surface area contributed by atoms with Crippen LogP contribution >= 0.6 is 0 Å². The second-order valence-electron chi connectivity index (χ2n) is 7.23. The Bertz CT molecular complexity index is 1150. The molecule has 0 bridgehead atoms. The van der Waals surface area contributed by atoms with Crippen LogP contribution in [0.5, 0.6) is 0 Å². The van der Waals surface area contributed by atoms with Crippen LogP contribution in [0.4, 0.5) is 4.39 Å². The quantitative estimate of drug-likeness (QED) is 0.470. The highest BCUT2D eigenvalue weighted by Crippen LogP contribution is 2.28. The Balaban J connectivity index is 1.18. The molecule has 1 amide bonds. The zero-order valence-electron chi connectivity index (χ0n) is 15.9. The number of carbonyl (C=O) groups is 1. The second kappa shape index (κ2) is 7.74. The van der Waals surface area contributed by atoms with Gasteiger partial charge in [-0.25, -0.2) is 15.2 Å². The van der Waals surface area contributed by atoms with Crippen molar-refractivity contribution in [2.45, 2.75) is 25.0 Å². The first kappa shape index (κ1) is 18.5. The maximum atomic E-state index is 13.1. The number of carbonyl (C=O) groups excluding carboxylic acids is 1. The van der Waals surface area contributed by atoms with Crippen LogP contribution in [0, 0.1) is 5.82 Å². The summed E-state index contributed by atoms with van der Waals surface area (Å²) in [4.78, 5) is 12.5. The summed E-state index contributed by atoms with van der Waals surface area (Å²) in [5.41, 5.74) is 8.36. The lowest BCUT2D eigenvalue weighted by Crippen LogP contribution is -2.42. The summed E-state index contributed by atoms with van der Waals surface area (Å²) in [6.45, 7) is 0.238. The molecule has 4 aromatic rings. The van der Waals surface area contributed by atoms with E-state index >= 15 is 0 Å². The molecule has 2 atom stereocenters. The molecule has 3 heterocycles. The van der Waals surface area contributed by atoms with Gasteiger partial charge in [0, 0.05) is 17.5 Å². The standard InChI is InChI=1S/C22H19FN4O3/c23-15-7-5-13(6-8-15)17-11-18(26-25-17)22(28)24-12-16-10-21(30-27-16)20-9-14-3-1-2-4-19(14)29-20/h1-10,17-18,25-26H,11-12H2,(H,24,28). The number of fused-ring (bicyclic) bond motifs is 1. The van der Waals surface area contributed by atoms with Crippen LogP contribution in [0.3, 0.4) is 0 Å². The van der Waals surface area contributed by atoms with Crippen molar-refractivity contribution in [2.75, 3.05) is 0 Å². The van der Waals surface area contributed by atoms with Crippen molar-refractivity contribution in [3.05, 3.63) is 77.7 Å². The van der Waals surface area contributed by atoms with Gasteiger partial charge in [0.05, 0.1) is 6.54 Å². The van der Waals surface area contributed by atoms with Gasteiger partial charge in [0.1, 0.15) is 23.1 Å². The first-order chi connectivity index (χ1) is 14.7. The Kier molecular flexibility index (Phi) is 4.78. The summed E-state index contributed by atoms with van der Waals surface area (Å²) in [7, 11) is 0. The molecule has 3 N–H and O–H groups in total. The molecular weight excluding hydrogens is 387 g/mol. The molecule has 30 heavy (non-hydrogen) atoms. The van der Waals surface area contributed by atoms with E-state index in [0.717, 1.165) is 16.5 Å². The number of rotatable bonds is 5. The maximum Gasteiger partial charge on any atom is 0.238 e. The van der Waals surface area contributed by atoms with Crippen molar-refractivity contribution in [3.8, 4) is 11.5 Å². The van der Waals surface area contributed by atoms with Crippen molar-refractivity contribution >= 4 is 16.9 Å². The molecule has 2 unspecified atom stereocenters. The Labute approximate surface area is 171 Å². The van der Waals surface area contributed by atoms with Gasteiger partial charge < -0.3 is 14.3 Å². The normalized spacial score (nSPS) is 18.7. The zero-order valence-corrected chi connectivity index (χ0v) is 15.9. The number of furan rings is 1. The molecule has 152 valence electrons. The van der Waals surface area contributed by atoms with Crippen LogP contribution in [0.25, 0.3) is 22.5 Å². The predicted octanol–water partition coefficient (Wildman–Crippen LogP) is 3.45. The third-order valence-corrected chi connectivity index (χ3v) is 5.16. The Morgan fingerprint density at radius 2 is 1.93 bits per heavy atom. The molecule has 2 aromatic heterocycles. The topological polar surface area (TPSA) is 92.3 Å². The monoisotopic (exact) mass is 406 g/mol. The minimum atomic E-state index is -0.401. The highest BCUT2D eigenvalue weighted by atomic mass is 19.1. The molecule has 0 saturated carbocycles. The Hall–Kier alpha value is -3.49. The number of hydrogen-bond acceptors (Lipinski definition) is 6. The minimum absolute atomic E-state index is 0.0620. The van der Waals surface area contributed by atoms with Gasteiger partial charge in [-0.1, -0.05) is 35.5 Å². The van der Waals surface area contributed by atoms with Crippen molar-refractivity contribution in [3.63, 3.8) is 0 Å². The molecule has 1 fully saturated rings. The molecule has 0 radical (unpaired) electrons. The number of benzene rings is 2. The fourth-order valence-electron chi connectivity index (χ4n) is 3.56. The van der Waals surface area contributed by atoms with E-state index in [2.05, 4.69) is 21.3 Å². The van der Waals surface area contributed by atoms with Crippen molar-refractivity contribution in [1.82, 2.24) is 21.3 Å². The van der Waals surface area contributed by atoms with E-state index in [-0.39, 0.29) is 24.3 Å². The van der Waals surface area contributed by atoms with E-state index in [1.807, 2.05) is 30.3 Å². The van der Waals surface area contributed by atoms with E-state index in [0.29, 0.717) is 23.6 Å². The summed E-state index contributed by atoms with van der Waals surface area (Å²) in [6.07, 6.45) is 0.556. The highest BCUT2D eigenvalue weighted by Gasteiger charge is 2.30. The zero-order chi connectivity index (χ0) is 20.5. The van der Waals surface area contributed by atoms with Crippen LogP contribution in [-0.2, 0) is 11.3 Å². The van der Waals surface area contributed by atoms with Crippen LogP contribution in [-0.4, -0.2) is 17.1 Å². The van der Waals surface area contributed by atoms with Gasteiger partial charge in [0.2, 0.25) is 11.7 Å². The molecule has 0 aliphatic carbocycles. The second-order valence-corrected chi connectivity index (χ2v) is 7.23. The minimum Gasteiger partial charge on any atom is -0.453 e. The lowest BCUT2D eigenvalue weighted by molar-refractivity contribution is -0.123. The average molecular weight is 406 g/mol. The summed E-state index contributed by atoms with van der Waals surface area (Å²) < 4.78 is 24.2. The molecule has 1 aliphatic rings. The summed E-state index contributed by atoms with van der Waals surface area (Å²) in [6, 6.07) is 17.1. The van der Waals surface area contributed by atoms with Crippen molar-refractivity contribution < 1.29 is 18.1 Å². The number of para-hydroxylation sites is 1. The predicted molar refractivity (Wildman–Crippen MR) is 107 cm³/mol. The lowest BCUT2D eigenvalue weighted by atomic mass is 10.0. The summed E-state index contributed by atoms with van der Waals surface area (Å²) >= 11 is 0. The first-order valence-corrected chi connectivity index (χ1v) is 9.64. The van der Waals surface area contributed by atoms with Gasteiger partial charge in [-0.2, -0.15) is 0 Å². The van der Waals surface area contributed by atoms with Gasteiger partial charge in [-0.15, -0.1) is 0 Å². The van der Waals surface area contributed by atoms with Crippen LogP contribution in [0.2, 0.25) is 0 Å². The Morgan fingerprint density at radius 1 is 1.10 bits per heavy atom. The van der Waals surface area contributed by atoms with E-state index in [1.165, 1.54) is 12.1 Å². The Morgan fingerprint density at radius 3 is 2.77 bits per heavy atom. The molecule has 5 rings (SSSR count). The van der Waals surface area contributed by atoms with Gasteiger partial charge >= 0.3 is 0 Å². The largest absolute Gasteiger partial charge is 0.453 e. The van der Waals surface area contributed by atoms with E-state index in [1.54, 1.807) is 18.2 Å². The van der Waals surface area contributed by atoms with E-state index in [9.17, 15) is 9.18 Å². The fourth-order valence-corrected chi connectivity index (χ4v) is 3.56. The third-order valence-electron chi connectivity index (χ3n) is 5.16. The number of nitrogens with zero attached hydrogens (tertiary/aromatic N) is 1. The number of aromatic nitrogens is 1. The van der Waals surface area contributed by atoms with E-state index < -0.39 is 6.04 Å². The van der Waals surface area contributed by atoms with Crippen LogP contribution in [0.15, 0.2) is 69.6 Å². The molecule has 2 aromatic carbocycles. The molecule has 7 nitrogen and oxygen atoms in total. The summed E-state index contributed by atoms with van der Waals surface area (Å²) in [5.74, 6) is 0.659. The molecule has 8 heteroatoms.